The maximum atomic E-state index is 12.7. The number of aliphatic hydroxyl groups excluding tert-OH is 4. The standard InChI is InChI=1S/C44H78O10/c1-3-5-7-9-11-13-15-17-19-21-23-25-27-29-31-33-40(47)53-37(36-52-44-43(50)42(49)41(48)38(34-45)54-44)35-51-39(46)32-30-28-26-24-22-20-18-16-14-12-10-8-6-4-2/h9-12,16,18,37-38,41-45,48-50H,3-8,13-15,17,19-36H2,1-2H3/b11-9+,12-10+,18-16+/t37-,38-,41+,42?,43?,44-/m1/s1. The Kier molecular flexibility index (Phi) is 32.7. The average Bonchev–Trinajstić information content (AvgIpc) is 3.17. The summed E-state index contributed by atoms with van der Waals surface area (Å²) >= 11 is 0. The molecule has 0 aliphatic carbocycles. The molecule has 0 aromatic rings. The second kappa shape index (κ2) is 35.3. The lowest BCUT2D eigenvalue weighted by Crippen LogP contribution is -2.59. The summed E-state index contributed by atoms with van der Waals surface area (Å²) in [6, 6.07) is 0. The van der Waals surface area contributed by atoms with Crippen LogP contribution in [0.3, 0.4) is 0 Å². The molecular weight excluding hydrogens is 688 g/mol. The van der Waals surface area contributed by atoms with Gasteiger partial charge in [0.1, 0.15) is 31.0 Å². The Morgan fingerprint density at radius 2 is 1.04 bits per heavy atom. The van der Waals surface area contributed by atoms with E-state index >= 15 is 0 Å². The molecular formula is C44H78O10. The van der Waals surface area contributed by atoms with E-state index in [1.54, 1.807) is 0 Å². The highest BCUT2D eigenvalue weighted by Gasteiger charge is 2.44. The Labute approximate surface area is 327 Å². The van der Waals surface area contributed by atoms with Crippen molar-refractivity contribution in [1.29, 1.82) is 0 Å². The van der Waals surface area contributed by atoms with Crippen LogP contribution < -0.4 is 0 Å². The van der Waals surface area contributed by atoms with Crippen molar-refractivity contribution in [2.45, 2.75) is 211 Å². The highest BCUT2D eigenvalue weighted by molar-refractivity contribution is 5.70. The maximum absolute atomic E-state index is 12.7. The van der Waals surface area contributed by atoms with E-state index in [4.69, 9.17) is 18.9 Å². The number of rotatable bonds is 35. The molecule has 6 atom stereocenters. The van der Waals surface area contributed by atoms with Crippen LogP contribution in [0.4, 0.5) is 0 Å². The zero-order chi connectivity index (χ0) is 39.5. The zero-order valence-corrected chi connectivity index (χ0v) is 34.0. The average molecular weight is 767 g/mol. The summed E-state index contributed by atoms with van der Waals surface area (Å²) in [5.41, 5.74) is 0. The lowest BCUT2D eigenvalue weighted by molar-refractivity contribution is -0.305. The molecule has 1 saturated heterocycles. The maximum Gasteiger partial charge on any atom is 0.306 e. The normalized spacial score (nSPS) is 21.0. The fourth-order valence-electron chi connectivity index (χ4n) is 6.24. The SMILES string of the molecule is CCCC/C=C/C/C=C/CCCCCCCC(=O)OC[C@H](CO[C@@H]1O[C@H](CO)[C@H](O)C(O)C1O)OC(=O)CCCCCCCCCCC/C=C/CCCC. The van der Waals surface area contributed by atoms with E-state index in [-0.39, 0.29) is 26.1 Å². The lowest BCUT2D eigenvalue weighted by atomic mass is 9.99. The quantitative estimate of drug-likeness (QED) is 0.0280. The third kappa shape index (κ3) is 26.7. The first-order valence-electron chi connectivity index (χ1n) is 21.6. The van der Waals surface area contributed by atoms with Gasteiger partial charge in [0.05, 0.1) is 13.2 Å². The number of allylic oxidation sites excluding steroid dienone is 6. The molecule has 0 radical (unpaired) electrons. The van der Waals surface area contributed by atoms with Crippen LogP contribution in [0.2, 0.25) is 0 Å². The molecule has 314 valence electrons. The third-order valence-electron chi connectivity index (χ3n) is 9.75. The number of hydrogen-bond acceptors (Lipinski definition) is 10. The van der Waals surface area contributed by atoms with E-state index in [0.29, 0.717) is 12.8 Å². The van der Waals surface area contributed by atoms with Gasteiger partial charge in [0.25, 0.3) is 0 Å². The minimum atomic E-state index is -1.60. The van der Waals surface area contributed by atoms with Crippen LogP contribution >= 0.6 is 0 Å². The summed E-state index contributed by atoms with van der Waals surface area (Å²) in [7, 11) is 0. The molecule has 0 bridgehead atoms. The zero-order valence-electron chi connectivity index (χ0n) is 34.0. The van der Waals surface area contributed by atoms with Crippen molar-refractivity contribution >= 4 is 11.9 Å². The van der Waals surface area contributed by atoms with Crippen molar-refractivity contribution in [2.75, 3.05) is 19.8 Å². The van der Waals surface area contributed by atoms with Crippen LogP contribution in [0.5, 0.6) is 0 Å². The monoisotopic (exact) mass is 767 g/mol. The fraction of sp³-hybridized carbons (Fsp3) is 0.818. The van der Waals surface area contributed by atoms with Gasteiger partial charge in [-0.2, -0.15) is 0 Å². The minimum absolute atomic E-state index is 0.224. The van der Waals surface area contributed by atoms with E-state index in [0.717, 1.165) is 64.2 Å². The fourth-order valence-corrected chi connectivity index (χ4v) is 6.24. The number of esters is 2. The van der Waals surface area contributed by atoms with Gasteiger partial charge in [-0.25, -0.2) is 0 Å². The van der Waals surface area contributed by atoms with E-state index < -0.39 is 55.4 Å². The number of aliphatic hydroxyl groups is 4. The molecule has 54 heavy (non-hydrogen) atoms. The van der Waals surface area contributed by atoms with Crippen LogP contribution in [0.25, 0.3) is 0 Å². The highest BCUT2D eigenvalue weighted by Crippen LogP contribution is 2.22. The third-order valence-corrected chi connectivity index (χ3v) is 9.75. The summed E-state index contributed by atoms with van der Waals surface area (Å²) in [6.07, 6.45) is 31.4. The van der Waals surface area contributed by atoms with Crippen molar-refractivity contribution in [2.24, 2.45) is 0 Å². The first-order chi connectivity index (χ1) is 26.3. The second-order valence-electron chi connectivity index (χ2n) is 14.8. The Bertz CT molecular complexity index is 980. The second-order valence-corrected chi connectivity index (χ2v) is 14.8. The van der Waals surface area contributed by atoms with Gasteiger partial charge in [0.2, 0.25) is 0 Å². The van der Waals surface area contributed by atoms with Gasteiger partial charge >= 0.3 is 11.9 Å². The molecule has 0 spiro atoms. The van der Waals surface area contributed by atoms with E-state index in [1.165, 1.54) is 70.6 Å². The molecule has 1 aliphatic heterocycles. The van der Waals surface area contributed by atoms with Crippen molar-refractivity contribution in [1.82, 2.24) is 0 Å². The van der Waals surface area contributed by atoms with Gasteiger partial charge in [-0.15, -0.1) is 0 Å². The Balaban J connectivity index is 2.36. The molecule has 1 rings (SSSR count). The molecule has 4 N–H and O–H groups in total. The van der Waals surface area contributed by atoms with Crippen molar-refractivity contribution in [3.8, 4) is 0 Å². The van der Waals surface area contributed by atoms with Gasteiger partial charge in [-0.1, -0.05) is 140 Å². The van der Waals surface area contributed by atoms with Crippen LogP contribution in [0.15, 0.2) is 36.5 Å². The number of carbonyl (C=O) groups is 2. The van der Waals surface area contributed by atoms with Gasteiger partial charge < -0.3 is 39.4 Å². The predicted molar refractivity (Wildman–Crippen MR) is 215 cm³/mol. The molecule has 1 heterocycles. The smallest absolute Gasteiger partial charge is 0.306 e. The molecule has 10 nitrogen and oxygen atoms in total. The molecule has 1 fully saturated rings. The first kappa shape index (κ1) is 49.9. The lowest BCUT2D eigenvalue weighted by Gasteiger charge is -2.39. The summed E-state index contributed by atoms with van der Waals surface area (Å²) in [4.78, 5) is 25.3. The topological polar surface area (TPSA) is 152 Å². The molecule has 0 saturated carbocycles. The van der Waals surface area contributed by atoms with Crippen LogP contribution in [0.1, 0.15) is 174 Å². The summed E-state index contributed by atoms with van der Waals surface area (Å²) in [5, 5.41) is 40.0. The van der Waals surface area contributed by atoms with Crippen molar-refractivity contribution in [3.05, 3.63) is 36.5 Å². The molecule has 0 amide bonds. The molecule has 2 unspecified atom stereocenters. The van der Waals surface area contributed by atoms with Gasteiger partial charge in [-0.05, 0) is 57.8 Å². The van der Waals surface area contributed by atoms with Crippen molar-refractivity contribution in [3.63, 3.8) is 0 Å². The molecule has 0 aromatic carbocycles. The predicted octanol–water partition coefficient (Wildman–Crippen LogP) is 8.72. The van der Waals surface area contributed by atoms with Crippen molar-refractivity contribution < 1.29 is 49.0 Å². The van der Waals surface area contributed by atoms with Gasteiger partial charge in [0.15, 0.2) is 12.4 Å². The van der Waals surface area contributed by atoms with Crippen LogP contribution in [-0.2, 0) is 28.5 Å². The number of hydrogen-bond donors (Lipinski definition) is 4. The largest absolute Gasteiger partial charge is 0.462 e. The van der Waals surface area contributed by atoms with Gasteiger partial charge in [0, 0.05) is 12.8 Å². The number of unbranched alkanes of at least 4 members (excludes halogenated alkanes) is 18. The molecule has 10 heteroatoms. The Morgan fingerprint density at radius 1 is 0.574 bits per heavy atom. The minimum Gasteiger partial charge on any atom is -0.462 e. The molecule has 1 aliphatic rings. The van der Waals surface area contributed by atoms with E-state index in [9.17, 15) is 30.0 Å². The summed E-state index contributed by atoms with van der Waals surface area (Å²) in [5.74, 6) is -0.825. The Hall–Kier alpha value is -2.08. The highest BCUT2D eigenvalue weighted by atomic mass is 16.7. The number of ether oxygens (including phenoxy) is 4. The van der Waals surface area contributed by atoms with Crippen LogP contribution in [-0.4, -0.2) is 89.0 Å². The van der Waals surface area contributed by atoms with Gasteiger partial charge in [-0.3, -0.25) is 9.59 Å². The Morgan fingerprint density at radius 3 is 1.56 bits per heavy atom. The summed E-state index contributed by atoms with van der Waals surface area (Å²) < 4.78 is 22.1. The van der Waals surface area contributed by atoms with Crippen LogP contribution in [0, 0.1) is 0 Å². The number of carbonyl (C=O) groups excluding carboxylic acids is 2. The van der Waals surface area contributed by atoms with E-state index in [1.807, 2.05) is 0 Å². The summed E-state index contributed by atoms with van der Waals surface area (Å²) in [6.45, 7) is 3.33. The first-order valence-corrected chi connectivity index (χ1v) is 21.6. The van der Waals surface area contributed by atoms with E-state index in [2.05, 4.69) is 50.3 Å². The molecule has 0 aromatic heterocycles.